The molecule has 0 radical (unpaired) electrons. The number of ether oxygens (including phenoxy) is 2. The third kappa shape index (κ3) is 1.46. The summed E-state index contributed by atoms with van der Waals surface area (Å²) in [7, 11) is 0. The molecule has 1 aliphatic rings. The first-order valence-electron chi connectivity index (χ1n) is 3.16. The van der Waals surface area contributed by atoms with Crippen LogP contribution in [0.3, 0.4) is 0 Å². The van der Waals surface area contributed by atoms with Crippen LogP contribution in [-0.4, -0.2) is 19.5 Å². The van der Waals surface area contributed by atoms with E-state index in [9.17, 15) is 0 Å². The zero-order valence-corrected chi connectivity index (χ0v) is 5.22. The minimum absolute atomic E-state index is 0.134. The summed E-state index contributed by atoms with van der Waals surface area (Å²) in [5.74, 6) is 0. The molecule has 1 atom stereocenters. The van der Waals surface area contributed by atoms with Crippen molar-refractivity contribution in [2.24, 2.45) is 0 Å². The molecule has 1 rings (SSSR count). The van der Waals surface area contributed by atoms with Crippen molar-refractivity contribution >= 4 is 0 Å². The lowest BCUT2D eigenvalue weighted by molar-refractivity contribution is -0.214. The van der Waals surface area contributed by atoms with Crippen molar-refractivity contribution < 1.29 is 9.47 Å². The van der Waals surface area contributed by atoms with Crippen LogP contribution in [-0.2, 0) is 9.47 Å². The van der Waals surface area contributed by atoms with E-state index in [4.69, 9.17) is 9.47 Å². The first-order valence-corrected chi connectivity index (χ1v) is 3.16. The molecule has 0 aromatic rings. The smallest absolute Gasteiger partial charge is 0.159 e. The van der Waals surface area contributed by atoms with E-state index in [0.29, 0.717) is 0 Å². The second-order valence-corrected chi connectivity index (χ2v) is 1.96. The van der Waals surface area contributed by atoms with Gasteiger partial charge in [0, 0.05) is 13.0 Å². The summed E-state index contributed by atoms with van der Waals surface area (Å²) in [6.45, 7) is 3.82. The zero-order valence-electron chi connectivity index (χ0n) is 5.22. The Kier molecular flexibility index (Phi) is 2.30. The lowest BCUT2D eigenvalue weighted by Gasteiger charge is -2.25. The molecule has 1 saturated heterocycles. The van der Waals surface area contributed by atoms with Gasteiger partial charge in [0.2, 0.25) is 0 Å². The van der Waals surface area contributed by atoms with E-state index < -0.39 is 0 Å². The number of hydrogen-bond donors (Lipinski definition) is 0. The van der Waals surface area contributed by atoms with Crippen LogP contribution >= 0.6 is 0 Å². The third-order valence-electron chi connectivity index (χ3n) is 1.17. The van der Waals surface area contributed by atoms with Crippen LogP contribution in [0.5, 0.6) is 0 Å². The van der Waals surface area contributed by atoms with Crippen LogP contribution < -0.4 is 0 Å². The third-order valence-corrected chi connectivity index (χ3v) is 1.17. The molecule has 0 bridgehead atoms. The molecule has 2 nitrogen and oxygen atoms in total. The highest BCUT2D eigenvalue weighted by Gasteiger charge is 2.17. The summed E-state index contributed by atoms with van der Waals surface area (Å²) in [5, 5.41) is 0. The van der Waals surface area contributed by atoms with Crippen molar-refractivity contribution in [2.45, 2.75) is 26.1 Å². The van der Waals surface area contributed by atoms with Crippen LogP contribution in [0.1, 0.15) is 19.8 Å². The maximum Gasteiger partial charge on any atom is 0.159 e. The molecule has 8 heavy (non-hydrogen) atoms. The normalized spacial score (nSPS) is 27.4. The Morgan fingerprint density at radius 2 is 2.50 bits per heavy atom. The topological polar surface area (TPSA) is 18.5 Å². The average Bonchev–Trinajstić information content (AvgIpc) is 1.63. The van der Waals surface area contributed by atoms with E-state index >= 15 is 0 Å². The number of rotatable bonds is 3. The summed E-state index contributed by atoms with van der Waals surface area (Å²) in [6.07, 6.45) is 2.30. The Hall–Kier alpha value is -0.0800. The summed E-state index contributed by atoms with van der Waals surface area (Å²) in [6, 6.07) is 0. The lowest BCUT2D eigenvalue weighted by atomic mass is 10.3. The molecule has 1 aliphatic heterocycles. The van der Waals surface area contributed by atoms with Gasteiger partial charge < -0.3 is 9.47 Å². The van der Waals surface area contributed by atoms with Crippen molar-refractivity contribution in [3.63, 3.8) is 0 Å². The van der Waals surface area contributed by atoms with Gasteiger partial charge in [0.15, 0.2) is 6.29 Å². The van der Waals surface area contributed by atoms with Crippen molar-refractivity contribution in [3.8, 4) is 0 Å². The van der Waals surface area contributed by atoms with Gasteiger partial charge in [-0.3, -0.25) is 0 Å². The van der Waals surface area contributed by atoms with Crippen LogP contribution in [0, 0.1) is 0 Å². The van der Waals surface area contributed by atoms with Crippen molar-refractivity contribution in [1.82, 2.24) is 0 Å². The van der Waals surface area contributed by atoms with Gasteiger partial charge in [-0.15, -0.1) is 0 Å². The molecule has 48 valence electrons. The molecule has 0 aliphatic carbocycles. The molecule has 1 unspecified atom stereocenters. The fourth-order valence-corrected chi connectivity index (χ4v) is 0.595. The summed E-state index contributed by atoms with van der Waals surface area (Å²) < 4.78 is 10.2. The van der Waals surface area contributed by atoms with Gasteiger partial charge in [0.05, 0.1) is 6.61 Å². The van der Waals surface area contributed by atoms with Crippen molar-refractivity contribution in [3.05, 3.63) is 0 Å². The zero-order chi connectivity index (χ0) is 5.82. The maximum atomic E-state index is 5.20. The maximum absolute atomic E-state index is 5.20. The van der Waals surface area contributed by atoms with Crippen molar-refractivity contribution in [2.75, 3.05) is 13.2 Å². The quantitative estimate of drug-likeness (QED) is 0.551. The van der Waals surface area contributed by atoms with Gasteiger partial charge in [0.25, 0.3) is 0 Å². The molecule has 0 amide bonds. The van der Waals surface area contributed by atoms with Crippen LogP contribution in [0.4, 0.5) is 0 Å². The Balaban J connectivity index is 1.86. The molecule has 0 spiro atoms. The minimum atomic E-state index is 0.134. The van der Waals surface area contributed by atoms with E-state index in [1.807, 2.05) is 0 Å². The fourth-order valence-electron chi connectivity index (χ4n) is 0.595. The molecule has 2 heteroatoms. The van der Waals surface area contributed by atoms with Gasteiger partial charge in [-0.25, -0.2) is 0 Å². The molecule has 0 aromatic heterocycles. The van der Waals surface area contributed by atoms with Crippen LogP contribution in [0.15, 0.2) is 0 Å². The monoisotopic (exact) mass is 116 g/mol. The standard InChI is InChI=1S/C6H12O2/c1-2-4-7-6-3-5-8-6/h6H,2-5H2,1H3. The van der Waals surface area contributed by atoms with Crippen LogP contribution in [0.2, 0.25) is 0 Å². The summed E-state index contributed by atoms with van der Waals surface area (Å²) in [4.78, 5) is 0. The minimum Gasteiger partial charge on any atom is -0.353 e. The van der Waals surface area contributed by atoms with E-state index in [-0.39, 0.29) is 6.29 Å². The highest BCUT2D eigenvalue weighted by atomic mass is 16.7. The molecule has 1 fully saturated rings. The van der Waals surface area contributed by atoms with Gasteiger partial charge in [-0.2, -0.15) is 0 Å². The van der Waals surface area contributed by atoms with E-state index in [1.165, 1.54) is 0 Å². The largest absolute Gasteiger partial charge is 0.353 e. The van der Waals surface area contributed by atoms with Gasteiger partial charge in [0.1, 0.15) is 0 Å². The van der Waals surface area contributed by atoms with Gasteiger partial charge in [-0.05, 0) is 6.42 Å². The molecule has 1 heterocycles. The summed E-state index contributed by atoms with van der Waals surface area (Å²) >= 11 is 0. The Labute approximate surface area is 49.8 Å². The SMILES string of the molecule is CCCOC1CCO1. The molecule has 0 aromatic carbocycles. The van der Waals surface area contributed by atoms with Crippen LogP contribution in [0.25, 0.3) is 0 Å². The predicted molar refractivity (Wildman–Crippen MR) is 30.6 cm³/mol. The molecule has 0 N–H and O–H groups in total. The number of hydrogen-bond acceptors (Lipinski definition) is 2. The molecular formula is C6H12O2. The summed E-state index contributed by atoms with van der Waals surface area (Å²) in [5.41, 5.74) is 0. The first kappa shape index (κ1) is 6.05. The average molecular weight is 116 g/mol. The van der Waals surface area contributed by atoms with Gasteiger partial charge in [-0.1, -0.05) is 6.92 Å². The highest BCUT2D eigenvalue weighted by molar-refractivity contribution is 4.53. The molecular weight excluding hydrogens is 104 g/mol. The molecule has 0 saturated carbocycles. The second kappa shape index (κ2) is 3.05. The second-order valence-electron chi connectivity index (χ2n) is 1.96. The highest BCUT2D eigenvalue weighted by Crippen LogP contribution is 2.11. The Morgan fingerprint density at radius 3 is 2.88 bits per heavy atom. The Morgan fingerprint density at radius 1 is 1.75 bits per heavy atom. The Bertz CT molecular complexity index is 59.5. The van der Waals surface area contributed by atoms with E-state index in [1.54, 1.807) is 0 Å². The first-order chi connectivity index (χ1) is 3.93. The predicted octanol–water partition coefficient (Wildman–Crippen LogP) is 1.16. The fraction of sp³-hybridized carbons (Fsp3) is 1.00. The lowest BCUT2D eigenvalue weighted by Crippen LogP contribution is -2.29. The van der Waals surface area contributed by atoms with E-state index in [0.717, 1.165) is 26.1 Å². The van der Waals surface area contributed by atoms with Gasteiger partial charge >= 0.3 is 0 Å². The van der Waals surface area contributed by atoms with E-state index in [2.05, 4.69) is 6.92 Å². The van der Waals surface area contributed by atoms with Crippen molar-refractivity contribution in [1.29, 1.82) is 0 Å².